The fourth-order valence-corrected chi connectivity index (χ4v) is 0.921. The largest absolute Gasteiger partial charge is 0.434 e. The van der Waals surface area contributed by atoms with Crippen LogP contribution in [0.15, 0.2) is 24.3 Å². The van der Waals surface area contributed by atoms with E-state index in [2.05, 4.69) is 10.5 Å². The molecule has 0 saturated carbocycles. The number of hydrogen-bond acceptors (Lipinski definition) is 1. The molecular weight excluding hydrogens is 164 g/mol. The average Bonchev–Trinajstić information content (AvgIpc) is 2.04. The molecule has 0 bridgehead atoms. The van der Waals surface area contributed by atoms with Gasteiger partial charge in [0.2, 0.25) is 0 Å². The van der Waals surface area contributed by atoms with E-state index in [0.717, 1.165) is 0 Å². The second-order valence-corrected chi connectivity index (χ2v) is 2.24. The third-order valence-electron chi connectivity index (χ3n) is 1.46. The van der Waals surface area contributed by atoms with Crippen molar-refractivity contribution in [2.24, 2.45) is 0 Å². The van der Waals surface area contributed by atoms with Crippen LogP contribution in [0.2, 0.25) is 0 Å². The summed E-state index contributed by atoms with van der Waals surface area (Å²) >= 11 is 0. The molecule has 0 aliphatic carbocycles. The zero-order chi connectivity index (χ0) is 8.97. The Morgan fingerprint density at radius 3 is 2.58 bits per heavy atom. The van der Waals surface area contributed by atoms with Crippen molar-refractivity contribution in [1.82, 2.24) is 0 Å². The fraction of sp³-hybridized carbons (Fsp3) is 0.250. The summed E-state index contributed by atoms with van der Waals surface area (Å²) in [6, 6.07) is 6.63. The van der Waals surface area contributed by atoms with Crippen molar-refractivity contribution in [3.63, 3.8) is 0 Å². The highest BCUT2D eigenvalue weighted by atomic mass is 19.3. The molecule has 0 aliphatic heterocycles. The van der Waals surface area contributed by atoms with Crippen molar-refractivity contribution in [3.8, 4) is 5.75 Å². The Kier molecular flexibility index (Phi) is 2.99. The van der Waals surface area contributed by atoms with E-state index in [9.17, 15) is 8.78 Å². The van der Waals surface area contributed by atoms with Gasteiger partial charge in [0, 0.05) is 5.56 Å². The zero-order valence-corrected chi connectivity index (χ0v) is 6.47. The summed E-state index contributed by atoms with van der Waals surface area (Å²) in [7, 11) is 0. The molecule has 4 heteroatoms. The number of rotatable bonds is 3. The predicted octanol–water partition coefficient (Wildman–Crippen LogP) is 1.03. The number of alkyl halides is 2. The van der Waals surface area contributed by atoms with Gasteiger partial charge in [-0.05, 0) is 12.1 Å². The summed E-state index contributed by atoms with van der Waals surface area (Å²) in [4.78, 5) is 0. The zero-order valence-electron chi connectivity index (χ0n) is 6.47. The van der Waals surface area contributed by atoms with Gasteiger partial charge in [-0.3, -0.25) is 0 Å². The lowest BCUT2D eigenvalue weighted by molar-refractivity contribution is -0.386. The molecule has 2 nitrogen and oxygen atoms in total. The van der Waals surface area contributed by atoms with Crippen LogP contribution in [0, 0.1) is 0 Å². The summed E-state index contributed by atoms with van der Waals surface area (Å²) in [5.41, 5.74) is 4.29. The van der Waals surface area contributed by atoms with Gasteiger partial charge in [0.25, 0.3) is 0 Å². The lowest BCUT2D eigenvalue weighted by atomic mass is 10.2. The molecule has 1 rings (SSSR count). The molecule has 0 spiro atoms. The third kappa shape index (κ3) is 2.17. The maximum Gasteiger partial charge on any atom is 0.387 e. The highest BCUT2D eigenvalue weighted by Gasteiger charge is 2.07. The van der Waals surface area contributed by atoms with E-state index in [1.54, 1.807) is 18.2 Å². The van der Waals surface area contributed by atoms with E-state index in [0.29, 0.717) is 12.1 Å². The number of benzene rings is 1. The second kappa shape index (κ2) is 4.01. The van der Waals surface area contributed by atoms with Gasteiger partial charge in [-0.25, -0.2) is 0 Å². The van der Waals surface area contributed by atoms with Crippen molar-refractivity contribution >= 4 is 0 Å². The molecule has 0 fully saturated rings. The SMILES string of the molecule is [NH3+]Cc1ccccc1OC(F)F. The number of para-hydroxylation sites is 1. The molecule has 0 saturated heterocycles. The number of hydrogen-bond donors (Lipinski definition) is 1. The van der Waals surface area contributed by atoms with Crippen LogP contribution < -0.4 is 10.5 Å². The molecule has 0 atom stereocenters. The molecule has 0 unspecified atom stereocenters. The van der Waals surface area contributed by atoms with Gasteiger partial charge >= 0.3 is 6.61 Å². The summed E-state index contributed by atoms with van der Waals surface area (Å²) in [6.07, 6.45) is 0. The molecule has 12 heavy (non-hydrogen) atoms. The molecular formula is C8H10F2NO+. The molecule has 0 radical (unpaired) electrons. The van der Waals surface area contributed by atoms with Gasteiger partial charge in [-0.1, -0.05) is 12.1 Å². The van der Waals surface area contributed by atoms with Crippen LogP contribution in [0.1, 0.15) is 5.56 Å². The summed E-state index contributed by atoms with van der Waals surface area (Å²) < 4.78 is 27.9. The number of ether oxygens (including phenoxy) is 1. The van der Waals surface area contributed by atoms with Crippen molar-refractivity contribution in [3.05, 3.63) is 29.8 Å². The third-order valence-corrected chi connectivity index (χ3v) is 1.46. The van der Waals surface area contributed by atoms with Gasteiger partial charge in [0.1, 0.15) is 12.3 Å². The smallest absolute Gasteiger partial charge is 0.387 e. The second-order valence-electron chi connectivity index (χ2n) is 2.24. The molecule has 0 amide bonds. The lowest BCUT2D eigenvalue weighted by Gasteiger charge is -2.06. The van der Waals surface area contributed by atoms with Gasteiger partial charge in [-0.15, -0.1) is 0 Å². The van der Waals surface area contributed by atoms with Gasteiger partial charge in [0.05, 0.1) is 0 Å². The molecule has 0 aromatic heterocycles. The molecule has 1 aromatic rings. The van der Waals surface area contributed by atoms with Crippen LogP contribution in [-0.2, 0) is 6.54 Å². The van der Waals surface area contributed by atoms with Crippen LogP contribution in [0.5, 0.6) is 5.75 Å². The van der Waals surface area contributed by atoms with Gasteiger partial charge in [0.15, 0.2) is 0 Å². The Morgan fingerprint density at radius 2 is 2.00 bits per heavy atom. The first-order chi connectivity index (χ1) is 5.74. The fourth-order valence-electron chi connectivity index (χ4n) is 0.921. The molecule has 0 aliphatic rings. The maximum absolute atomic E-state index is 11.8. The Hall–Kier alpha value is -1.16. The lowest BCUT2D eigenvalue weighted by Crippen LogP contribution is -2.47. The highest BCUT2D eigenvalue weighted by molar-refractivity contribution is 5.32. The van der Waals surface area contributed by atoms with Crippen molar-refractivity contribution < 1.29 is 19.3 Å². The average molecular weight is 174 g/mol. The van der Waals surface area contributed by atoms with Crippen LogP contribution in [0.4, 0.5) is 8.78 Å². The van der Waals surface area contributed by atoms with Crippen molar-refractivity contribution in [2.75, 3.05) is 0 Å². The van der Waals surface area contributed by atoms with Gasteiger partial charge < -0.3 is 10.5 Å². The first-order valence-electron chi connectivity index (χ1n) is 3.56. The minimum absolute atomic E-state index is 0.211. The minimum atomic E-state index is -2.77. The van der Waals surface area contributed by atoms with E-state index in [1.165, 1.54) is 6.07 Å². The topological polar surface area (TPSA) is 36.9 Å². The molecule has 0 heterocycles. The quantitative estimate of drug-likeness (QED) is 0.730. The van der Waals surface area contributed by atoms with Crippen molar-refractivity contribution in [2.45, 2.75) is 13.2 Å². The monoisotopic (exact) mass is 174 g/mol. The summed E-state index contributed by atoms with van der Waals surface area (Å²) in [6.45, 7) is -2.32. The van der Waals surface area contributed by atoms with Crippen LogP contribution in [0.3, 0.4) is 0 Å². The van der Waals surface area contributed by atoms with E-state index < -0.39 is 6.61 Å². The minimum Gasteiger partial charge on any atom is -0.434 e. The van der Waals surface area contributed by atoms with E-state index >= 15 is 0 Å². The Balaban J connectivity index is 2.82. The van der Waals surface area contributed by atoms with E-state index in [1.807, 2.05) is 0 Å². The number of halogens is 2. The summed E-state index contributed by atoms with van der Waals surface area (Å²) in [5.74, 6) is 0.211. The highest BCUT2D eigenvalue weighted by Crippen LogP contribution is 2.18. The molecule has 66 valence electrons. The standard InChI is InChI=1S/C8H9F2NO/c9-8(10)12-7-4-2-1-3-6(7)5-11/h1-4,8H,5,11H2/p+1. The van der Waals surface area contributed by atoms with Crippen LogP contribution in [0.25, 0.3) is 0 Å². The van der Waals surface area contributed by atoms with E-state index in [-0.39, 0.29) is 5.75 Å². The number of quaternary nitrogens is 1. The Bertz CT molecular complexity index is 253. The molecule has 3 N–H and O–H groups in total. The van der Waals surface area contributed by atoms with Gasteiger partial charge in [-0.2, -0.15) is 8.78 Å². The maximum atomic E-state index is 11.8. The van der Waals surface area contributed by atoms with Crippen molar-refractivity contribution in [1.29, 1.82) is 0 Å². The van der Waals surface area contributed by atoms with Crippen LogP contribution >= 0.6 is 0 Å². The Labute approximate surface area is 68.9 Å². The summed E-state index contributed by atoms with van der Waals surface area (Å²) in [5, 5.41) is 0. The normalized spacial score (nSPS) is 10.3. The van der Waals surface area contributed by atoms with Crippen LogP contribution in [-0.4, -0.2) is 6.61 Å². The first-order valence-corrected chi connectivity index (χ1v) is 3.56. The predicted molar refractivity (Wildman–Crippen MR) is 39.7 cm³/mol. The first kappa shape index (κ1) is 8.93. The Morgan fingerprint density at radius 1 is 1.33 bits per heavy atom. The molecule has 1 aromatic carbocycles. The van der Waals surface area contributed by atoms with E-state index in [4.69, 9.17) is 0 Å².